The van der Waals surface area contributed by atoms with E-state index in [0.29, 0.717) is 29.5 Å². The van der Waals surface area contributed by atoms with E-state index in [1.165, 1.54) is 24.3 Å². The third-order valence-corrected chi connectivity index (χ3v) is 5.53. The van der Waals surface area contributed by atoms with E-state index in [9.17, 15) is 31.9 Å². The molecule has 216 valence electrons. The molecule has 3 aromatic rings. The van der Waals surface area contributed by atoms with Crippen molar-refractivity contribution >= 4 is 12.2 Å². The van der Waals surface area contributed by atoms with Crippen molar-refractivity contribution in [1.29, 1.82) is 0 Å². The van der Waals surface area contributed by atoms with Gasteiger partial charge in [0.15, 0.2) is 5.60 Å². The molecule has 1 atom stereocenters. The van der Waals surface area contributed by atoms with Crippen LogP contribution >= 0.6 is 0 Å². The maximum absolute atomic E-state index is 15.7. The van der Waals surface area contributed by atoms with Gasteiger partial charge in [-0.05, 0) is 42.5 Å². The molecule has 0 fully saturated rings. The summed E-state index contributed by atoms with van der Waals surface area (Å²) in [6.45, 7) is -2.66. The molecule has 0 aliphatic rings. The van der Waals surface area contributed by atoms with Crippen LogP contribution in [0.15, 0.2) is 65.9 Å². The van der Waals surface area contributed by atoms with Crippen molar-refractivity contribution in [3.8, 4) is 11.8 Å². The van der Waals surface area contributed by atoms with Gasteiger partial charge in [-0.25, -0.2) is 14.6 Å². The second-order valence-corrected chi connectivity index (χ2v) is 8.56. The first-order valence-electron chi connectivity index (χ1n) is 11.4. The number of carbonyl (C=O) groups excluding carboxylic acids is 1. The number of hydrazone groups is 1. The number of hydrogen-bond acceptors (Lipinski definition) is 6. The SMILES string of the molecule is N/N=C\N(N)CC(O)(c1ccc(F)cc1F)C(F)(F)c1ccc(C#Cc2cccc(C(=O)NCC(F)(F)F)c2)cn1. The lowest BCUT2D eigenvalue weighted by atomic mass is 9.84. The fourth-order valence-electron chi connectivity index (χ4n) is 3.60. The van der Waals surface area contributed by atoms with Crippen LogP contribution in [0.25, 0.3) is 0 Å². The smallest absolute Gasteiger partial charge is 0.377 e. The minimum Gasteiger partial charge on any atom is -0.377 e. The standard InChI is InChI=1S/C26H21F7N6O2/c27-19-7-8-20(21(28)11-19)24(41,14-39(35)15-38-34)26(32,33)22-9-6-17(12-36-22)5-4-16-2-1-3-18(10-16)23(40)37-13-25(29,30)31/h1-3,6-12,15,41H,13-14,34-35H2,(H,37,40)/b38-15-. The summed E-state index contributed by atoms with van der Waals surface area (Å²) >= 11 is 0. The number of nitrogens with two attached hydrogens (primary N) is 2. The summed E-state index contributed by atoms with van der Waals surface area (Å²) in [5.74, 6) is 7.92. The molecule has 1 aromatic heterocycles. The highest BCUT2D eigenvalue weighted by atomic mass is 19.4. The molecule has 41 heavy (non-hydrogen) atoms. The molecule has 1 heterocycles. The van der Waals surface area contributed by atoms with Crippen LogP contribution in [-0.4, -0.2) is 46.6 Å². The molecule has 0 spiro atoms. The van der Waals surface area contributed by atoms with Crippen LogP contribution in [-0.2, 0) is 11.5 Å². The Morgan fingerprint density at radius 2 is 1.76 bits per heavy atom. The Labute approximate surface area is 228 Å². The number of rotatable bonds is 8. The number of hydrogen-bond donors (Lipinski definition) is 4. The molecule has 3 rings (SSSR count). The van der Waals surface area contributed by atoms with Crippen molar-refractivity contribution in [2.75, 3.05) is 13.1 Å². The first kappa shape index (κ1) is 30.9. The van der Waals surface area contributed by atoms with E-state index >= 15 is 8.78 Å². The number of nitrogens with one attached hydrogen (secondary N) is 1. The van der Waals surface area contributed by atoms with E-state index in [1.807, 2.05) is 0 Å². The maximum Gasteiger partial charge on any atom is 0.405 e. The zero-order chi connectivity index (χ0) is 30.4. The molecule has 0 saturated carbocycles. The number of benzene rings is 2. The summed E-state index contributed by atoms with van der Waals surface area (Å²) in [5.41, 5.74) is -5.14. The third kappa shape index (κ3) is 7.50. The molecule has 8 nitrogen and oxygen atoms in total. The fraction of sp³-hybridized carbons (Fsp3) is 0.192. The Balaban J connectivity index is 1.89. The number of halogens is 7. The fourth-order valence-corrected chi connectivity index (χ4v) is 3.60. The summed E-state index contributed by atoms with van der Waals surface area (Å²) in [7, 11) is 0. The Bertz CT molecular complexity index is 1490. The normalized spacial score (nSPS) is 13.3. The second kappa shape index (κ2) is 12.2. The number of alkyl halides is 5. The monoisotopic (exact) mass is 582 g/mol. The van der Waals surface area contributed by atoms with Crippen molar-refractivity contribution in [2.24, 2.45) is 16.8 Å². The average molecular weight is 582 g/mol. The number of amides is 1. The molecule has 6 N–H and O–H groups in total. The zero-order valence-corrected chi connectivity index (χ0v) is 20.8. The first-order valence-corrected chi connectivity index (χ1v) is 11.4. The molecule has 1 amide bonds. The van der Waals surface area contributed by atoms with Gasteiger partial charge < -0.3 is 16.3 Å². The van der Waals surface area contributed by atoms with Crippen LogP contribution in [0, 0.1) is 23.5 Å². The number of hydrazine groups is 1. The zero-order valence-electron chi connectivity index (χ0n) is 20.8. The predicted octanol–water partition coefficient (Wildman–Crippen LogP) is 3.11. The van der Waals surface area contributed by atoms with E-state index in [4.69, 9.17) is 11.7 Å². The van der Waals surface area contributed by atoms with Crippen LogP contribution in [0.4, 0.5) is 30.7 Å². The lowest BCUT2D eigenvalue weighted by molar-refractivity contribution is -0.203. The molecule has 0 saturated heterocycles. The summed E-state index contributed by atoms with van der Waals surface area (Å²) < 4.78 is 96.5. The lowest BCUT2D eigenvalue weighted by Crippen LogP contribution is -2.53. The van der Waals surface area contributed by atoms with Crippen molar-refractivity contribution in [3.05, 3.63) is 100 Å². The molecule has 2 aromatic carbocycles. The van der Waals surface area contributed by atoms with Crippen LogP contribution < -0.4 is 17.0 Å². The van der Waals surface area contributed by atoms with Gasteiger partial charge in [0.1, 0.15) is 30.2 Å². The molecule has 1 unspecified atom stereocenters. The Morgan fingerprint density at radius 1 is 1.05 bits per heavy atom. The molecule has 0 bridgehead atoms. The van der Waals surface area contributed by atoms with E-state index in [-0.39, 0.29) is 16.7 Å². The van der Waals surface area contributed by atoms with E-state index in [0.717, 1.165) is 18.3 Å². The predicted molar refractivity (Wildman–Crippen MR) is 133 cm³/mol. The number of pyridine rings is 1. The van der Waals surface area contributed by atoms with Gasteiger partial charge in [0.05, 0.1) is 6.54 Å². The highest BCUT2D eigenvalue weighted by Crippen LogP contribution is 2.45. The number of aliphatic hydroxyl groups is 1. The average Bonchev–Trinajstić information content (AvgIpc) is 2.90. The van der Waals surface area contributed by atoms with Crippen LogP contribution in [0.1, 0.15) is 32.7 Å². The molecular formula is C26H21F7N6O2. The van der Waals surface area contributed by atoms with Crippen molar-refractivity contribution in [1.82, 2.24) is 15.3 Å². The van der Waals surface area contributed by atoms with E-state index < -0.39 is 59.6 Å². The van der Waals surface area contributed by atoms with Gasteiger partial charge in [0.2, 0.25) is 0 Å². The Morgan fingerprint density at radius 3 is 2.37 bits per heavy atom. The molecule has 0 aliphatic heterocycles. The molecular weight excluding hydrogens is 561 g/mol. The lowest BCUT2D eigenvalue weighted by Gasteiger charge is -2.37. The first-order chi connectivity index (χ1) is 19.2. The summed E-state index contributed by atoms with van der Waals surface area (Å²) in [6, 6.07) is 8.93. The summed E-state index contributed by atoms with van der Waals surface area (Å²) in [6.07, 6.45) is -2.96. The number of nitrogens with zero attached hydrogens (tertiary/aromatic N) is 3. The number of aromatic nitrogens is 1. The molecule has 0 radical (unpaired) electrons. The Hall–Kier alpha value is -4.68. The molecule has 0 aliphatic carbocycles. The van der Waals surface area contributed by atoms with E-state index in [2.05, 4.69) is 21.9 Å². The maximum atomic E-state index is 15.7. The van der Waals surface area contributed by atoms with Gasteiger partial charge in [0.25, 0.3) is 5.91 Å². The van der Waals surface area contributed by atoms with Crippen molar-refractivity contribution < 1.29 is 40.6 Å². The van der Waals surface area contributed by atoms with Gasteiger partial charge in [-0.1, -0.05) is 17.9 Å². The van der Waals surface area contributed by atoms with Gasteiger partial charge >= 0.3 is 12.1 Å². The quantitative estimate of drug-likeness (QED) is 0.0807. The minimum absolute atomic E-state index is 0.0879. The highest BCUT2D eigenvalue weighted by molar-refractivity contribution is 5.94. The highest BCUT2D eigenvalue weighted by Gasteiger charge is 2.58. The van der Waals surface area contributed by atoms with Crippen molar-refractivity contribution in [3.63, 3.8) is 0 Å². The van der Waals surface area contributed by atoms with Crippen molar-refractivity contribution in [2.45, 2.75) is 17.7 Å². The van der Waals surface area contributed by atoms with Crippen LogP contribution in [0.3, 0.4) is 0 Å². The molecule has 15 heteroatoms. The Kier molecular flexibility index (Phi) is 9.21. The number of carbonyl (C=O) groups is 1. The summed E-state index contributed by atoms with van der Waals surface area (Å²) in [4.78, 5) is 15.6. The largest absolute Gasteiger partial charge is 0.405 e. The van der Waals surface area contributed by atoms with Crippen LogP contribution in [0.5, 0.6) is 0 Å². The summed E-state index contributed by atoms with van der Waals surface area (Å²) in [5, 5.41) is 16.4. The van der Waals surface area contributed by atoms with Gasteiger partial charge in [-0.15, -0.1) is 0 Å². The minimum atomic E-state index is -4.59. The van der Waals surface area contributed by atoms with Gasteiger partial charge in [0, 0.05) is 34.5 Å². The second-order valence-electron chi connectivity index (χ2n) is 8.56. The van der Waals surface area contributed by atoms with Crippen LogP contribution in [0.2, 0.25) is 0 Å². The third-order valence-electron chi connectivity index (χ3n) is 5.53. The topological polar surface area (TPSA) is 130 Å². The van der Waals surface area contributed by atoms with Gasteiger partial charge in [-0.3, -0.25) is 14.8 Å². The van der Waals surface area contributed by atoms with Gasteiger partial charge in [-0.2, -0.15) is 27.1 Å². The van der Waals surface area contributed by atoms with E-state index in [1.54, 1.807) is 5.32 Å².